The van der Waals surface area contributed by atoms with E-state index in [1.54, 1.807) is 0 Å². The second-order valence-corrected chi connectivity index (χ2v) is 5.66. The van der Waals surface area contributed by atoms with Crippen LogP contribution in [0.2, 0.25) is 0 Å². The Bertz CT molecular complexity index is 208. The summed E-state index contributed by atoms with van der Waals surface area (Å²) in [5.74, 6) is 0.676. The van der Waals surface area contributed by atoms with Crippen LogP contribution in [0, 0.1) is 11.3 Å². The second kappa shape index (κ2) is 6.81. The Labute approximate surface area is 95.7 Å². The van der Waals surface area contributed by atoms with Crippen LogP contribution in [0.4, 0.5) is 0 Å². The van der Waals surface area contributed by atoms with Crippen LogP contribution in [-0.2, 0) is 0 Å². The lowest BCUT2D eigenvalue weighted by molar-refractivity contribution is 0.303. The fourth-order valence-corrected chi connectivity index (χ4v) is 1.93. The number of rotatable bonds is 6. The molecule has 0 saturated heterocycles. The first-order chi connectivity index (χ1) is 6.90. The van der Waals surface area contributed by atoms with E-state index in [9.17, 15) is 0 Å². The molecular formula is C14H27N. The second-order valence-electron chi connectivity index (χ2n) is 5.66. The maximum absolute atomic E-state index is 3.88. The zero-order valence-corrected chi connectivity index (χ0v) is 11.1. The van der Waals surface area contributed by atoms with Gasteiger partial charge < -0.3 is 0 Å². The Kier molecular flexibility index (Phi) is 6.55. The van der Waals surface area contributed by atoms with Crippen molar-refractivity contribution in [3.63, 3.8) is 0 Å². The van der Waals surface area contributed by atoms with E-state index in [4.69, 9.17) is 0 Å². The van der Waals surface area contributed by atoms with Gasteiger partial charge in [-0.1, -0.05) is 46.1 Å². The molecular weight excluding hydrogens is 182 g/mol. The summed E-state index contributed by atoms with van der Waals surface area (Å²) in [5.41, 5.74) is 1.78. The molecule has 0 aromatic carbocycles. The molecule has 0 heterocycles. The van der Waals surface area contributed by atoms with Gasteiger partial charge in [-0.05, 0) is 37.8 Å². The summed E-state index contributed by atoms with van der Waals surface area (Å²) in [7, 11) is 0. The van der Waals surface area contributed by atoms with E-state index in [1.165, 1.54) is 31.3 Å². The van der Waals surface area contributed by atoms with Crippen molar-refractivity contribution in [1.82, 2.24) is 0 Å². The third-order valence-electron chi connectivity index (χ3n) is 2.70. The minimum Gasteiger partial charge on any atom is -0.273 e. The maximum Gasteiger partial charge on any atom is 0.0252 e. The van der Waals surface area contributed by atoms with Crippen LogP contribution in [0.3, 0.4) is 0 Å². The standard InChI is InChI=1S/C14H27N/c1-7-8-9-13(10-14(3,4)5)12(2)11-15-6/h11,13H,6-10H2,1-5H3/b12-11+. The van der Waals surface area contributed by atoms with E-state index in [-0.39, 0.29) is 0 Å². The molecule has 0 spiro atoms. The highest BCUT2D eigenvalue weighted by atomic mass is 14.6. The fraction of sp³-hybridized carbons (Fsp3) is 0.786. The van der Waals surface area contributed by atoms with Crippen molar-refractivity contribution >= 4 is 6.72 Å². The van der Waals surface area contributed by atoms with Crippen LogP contribution in [0.25, 0.3) is 0 Å². The summed E-state index contributed by atoms with van der Waals surface area (Å²) in [6, 6.07) is 0. The van der Waals surface area contributed by atoms with E-state index in [1.807, 2.05) is 6.20 Å². The van der Waals surface area contributed by atoms with Crippen molar-refractivity contribution in [1.29, 1.82) is 0 Å². The summed E-state index contributed by atoms with van der Waals surface area (Å²) in [4.78, 5) is 3.88. The molecule has 0 N–H and O–H groups in total. The first kappa shape index (κ1) is 14.4. The molecule has 88 valence electrons. The Morgan fingerprint density at radius 2 is 2.00 bits per heavy atom. The zero-order chi connectivity index (χ0) is 11.9. The van der Waals surface area contributed by atoms with E-state index < -0.39 is 0 Å². The Hall–Kier alpha value is -0.590. The zero-order valence-electron chi connectivity index (χ0n) is 11.1. The maximum atomic E-state index is 3.88. The molecule has 15 heavy (non-hydrogen) atoms. The van der Waals surface area contributed by atoms with Crippen molar-refractivity contribution in [3.8, 4) is 0 Å². The molecule has 0 aliphatic carbocycles. The highest BCUT2D eigenvalue weighted by molar-refractivity contribution is 5.26. The smallest absolute Gasteiger partial charge is 0.0252 e. The Morgan fingerprint density at radius 1 is 1.40 bits per heavy atom. The Morgan fingerprint density at radius 3 is 2.40 bits per heavy atom. The molecule has 0 saturated carbocycles. The van der Waals surface area contributed by atoms with Gasteiger partial charge in [0.05, 0.1) is 0 Å². The van der Waals surface area contributed by atoms with Crippen molar-refractivity contribution < 1.29 is 0 Å². The first-order valence-corrected chi connectivity index (χ1v) is 6.03. The van der Waals surface area contributed by atoms with Gasteiger partial charge >= 0.3 is 0 Å². The van der Waals surface area contributed by atoms with Crippen LogP contribution >= 0.6 is 0 Å². The van der Waals surface area contributed by atoms with Crippen LogP contribution < -0.4 is 0 Å². The van der Waals surface area contributed by atoms with Gasteiger partial charge in [0.2, 0.25) is 0 Å². The number of hydrogen-bond donors (Lipinski definition) is 0. The topological polar surface area (TPSA) is 12.4 Å². The van der Waals surface area contributed by atoms with Gasteiger partial charge in [0, 0.05) is 6.20 Å². The minimum atomic E-state index is 0.397. The van der Waals surface area contributed by atoms with E-state index in [0.717, 1.165) is 0 Å². The van der Waals surface area contributed by atoms with Crippen LogP contribution in [0.5, 0.6) is 0 Å². The summed E-state index contributed by atoms with van der Waals surface area (Å²) < 4.78 is 0. The predicted octanol–water partition coefficient (Wildman–Crippen LogP) is 4.83. The van der Waals surface area contributed by atoms with Crippen LogP contribution in [0.15, 0.2) is 16.8 Å². The number of aliphatic imine (C=N–C) groups is 1. The van der Waals surface area contributed by atoms with Gasteiger partial charge in [-0.15, -0.1) is 0 Å². The van der Waals surface area contributed by atoms with Gasteiger partial charge in [-0.25, -0.2) is 0 Å². The lowest BCUT2D eigenvalue weighted by atomic mass is 9.79. The molecule has 0 amide bonds. The number of allylic oxidation sites excluding steroid dienone is 1. The minimum absolute atomic E-state index is 0.397. The lowest BCUT2D eigenvalue weighted by Crippen LogP contribution is -2.14. The number of nitrogens with zero attached hydrogens (tertiary/aromatic N) is 1. The molecule has 1 nitrogen and oxygen atoms in total. The van der Waals surface area contributed by atoms with Gasteiger partial charge in [0.1, 0.15) is 0 Å². The molecule has 1 heteroatoms. The van der Waals surface area contributed by atoms with E-state index >= 15 is 0 Å². The van der Waals surface area contributed by atoms with Gasteiger partial charge in [0.25, 0.3) is 0 Å². The first-order valence-electron chi connectivity index (χ1n) is 6.03. The van der Waals surface area contributed by atoms with Crippen LogP contribution in [0.1, 0.15) is 60.3 Å². The molecule has 0 aliphatic rings. The monoisotopic (exact) mass is 209 g/mol. The molecule has 1 atom stereocenters. The molecule has 0 aromatic rings. The SMILES string of the molecule is C=N/C=C(\C)C(CCCC)CC(C)(C)C. The van der Waals surface area contributed by atoms with Gasteiger partial charge in [-0.3, -0.25) is 4.99 Å². The average molecular weight is 209 g/mol. The molecule has 1 unspecified atom stereocenters. The van der Waals surface area contributed by atoms with Crippen molar-refractivity contribution in [2.24, 2.45) is 16.3 Å². The molecule has 0 fully saturated rings. The summed E-state index contributed by atoms with van der Waals surface area (Å²) in [5, 5.41) is 0. The number of hydrogen-bond acceptors (Lipinski definition) is 1. The highest BCUT2D eigenvalue weighted by Crippen LogP contribution is 2.31. The van der Waals surface area contributed by atoms with Crippen molar-refractivity contribution in [3.05, 3.63) is 11.8 Å². The molecule has 0 radical (unpaired) electrons. The average Bonchev–Trinajstić information content (AvgIpc) is 2.10. The largest absolute Gasteiger partial charge is 0.273 e. The molecule has 0 rings (SSSR count). The van der Waals surface area contributed by atoms with Gasteiger partial charge in [0.15, 0.2) is 0 Å². The number of unbranched alkanes of at least 4 members (excludes halogenated alkanes) is 1. The summed E-state index contributed by atoms with van der Waals surface area (Å²) in [6.07, 6.45) is 7.03. The lowest BCUT2D eigenvalue weighted by Gasteiger charge is -2.26. The molecule has 0 bridgehead atoms. The van der Waals surface area contributed by atoms with Gasteiger partial charge in [-0.2, -0.15) is 0 Å². The van der Waals surface area contributed by atoms with Crippen LogP contribution in [-0.4, -0.2) is 6.72 Å². The van der Waals surface area contributed by atoms with Crippen molar-refractivity contribution in [2.45, 2.75) is 60.3 Å². The summed E-state index contributed by atoms with van der Waals surface area (Å²) >= 11 is 0. The van der Waals surface area contributed by atoms with Crippen molar-refractivity contribution in [2.75, 3.05) is 0 Å². The molecule has 0 aromatic heterocycles. The normalized spacial score (nSPS) is 15.1. The predicted molar refractivity (Wildman–Crippen MR) is 70.4 cm³/mol. The molecule has 0 aliphatic heterocycles. The fourth-order valence-electron chi connectivity index (χ4n) is 1.93. The summed E-state index contributed by atoms with van der Waals surface area (Å²) in [6.45, 7) is 14.9. The quantitative estimate of drug-likeness (QED) is 0.555. The highest BCUT2D eigenvalue weighted by Gasteiger charge is 2.19. The third kappa shape index (κ3) is 7.35. The van der Waals surface area contributed by atoms with E-state index in [0.29, 0.717) is 11.3 Å². The third-order valence-corrected chi connectivity index (χ3v) is 2.70. The Balaban J connectivity index is 4.43. The van der Waals surface area contributed by atoms with E-state index in [2.05, 4.69) is 46.3 Å².